The molecule has 1 aromatic carbocycles. The monoisotopic (exact) mass is 298 g/mol. The Morgan fingerprint density at radius 2 is 2.00 bits per heavy atom. The van der Waals surface area contributed by atoms with Gasteiger partial charge in [-0.1, -0.05) is 36.8 Å². The van der Waals surface area contributed by atoms with E-state index in [1.807, 2.05) is 38.1 Å². The van der Waals surface area contributed by atoms with Gasteiger partial charge in [-0.2, -0.15) is 5.10 Å². The molecule has 114 valence electrons. The molecule has 0 fully saturated rings. The lowest BCUT2D eigenvalue weighted by atomic mass is 10.1. The third-order valence-electron chi connectivity index (χ3n) is 3.19. The summed E-state index contributed by atoms with van der Waals surface area (Å²) in [7, 11) is 0. The van der Waals surface area contributed by atoms with Gasteiger partial charge < -0.3 is 5.11 Å². The van der Waals surface area contributed by atoms with E-state index in [0.717, 1.165) is 23.6 Å². The molecule has 5 nitrogen and oxygen atoms in total. The molecule has 0 saturated heterocycles. The van der Waals surface area contributed by atoms with Crippen molar-refractivity contribution < 1.29 is 9.90 Å². The van der Waals surface area contributed by atoms with E-state index in [2.05, 4.69) is 5.10 Å². The van der Waals surface area contributed by atoms with Crippen LogP contribution in [0.5, 0.6) is 0 Å². The topological polar surface area (TPSA) is 72.2 Å². The molecule has 0 saturated carbocycles. The maximum absolute atomic E-state index is 12.3. The van der Waals surface area contributed by atoms with Gasteiger partial charge in [0.1, 0.15) is 0 Å². The van der Waals surface area contributed by atoms with E-state index in [-0.39, 0.29) is 5.56 Å². The van der Waals surface area contributed by atoms with Crippen LogP contribution in [0, 0.1) is 6.92 Å². The summed E-state index contributed by atoms with van der Waals surface area (Å²) in [6.45, 7) is 4.45. The second-order valence-corrected chi connectivity index (χ2v) is 5.05. The fourth-order valence-electron chi connectivity index (χ4n) is 2.07. The van der Waals surface area contributed by atoms with Crippen LogP contribution in [-0.4, -0.2) is 20.9 Å². The van der Waals surface area contributed by atoms with Crippen LogP contribution in [0.15, 0.2) is 41.2 Å². The molecule has 1 heterocycles. The van der Waals surface area contributed by atoms with Gasteiger partial charge in [0.15, 0.2) is 0 Å². The quantitative estimate of drug-likeness (QED) is 0.861. The zero-order chi connectivity index (χ0) is 16.1. The fraction of sp³-hybridized carbons (Fsp3) is 0.235. The number of benzene rings is 1. The lowest BCUT2D eigenvalue weighted by Crippen LogP contribution is -2.25. The average molecular weight is 298 g/mol. The molecular formula is C17H18N2O3. The lowest BCUT2D eigenvalue weighted by Gasteiger charge is -2.08. The van der Waals surface area contributed by atoms with E-state index >= 15 is 0 Å². The number of rotatable bonds is 5. The summed E-state index contributed by atoms with van der Waals surface area (Å²) in [5, 5.41) is 13.1. The van der Waals surface area contributed by atoms with Crippen molar-refractivity contribution in [2.75, 3.05) is 0 Å². The molecule has 0 aliphatic carbocycles. The van der Waals surface area contributed by atoms with Crippen LogP contribution in [0.25, 0.3) is 17.3 Å². The van der Waals surface area contributed by atoms with Crippen molar-refractivity contribution in [1.29, 1.82) is 0 Å². The zero-order valence-corrected chi connectivity index (χ0v) is 12.6. The number of carboxylic acid groups (broad SMARTS) is 1. The van der Waals surface area contributed by atoms with Gasteiger partial charge in [0.2, 0.25) is 0 Å². The molecule has 1 N–H and O–H groups in total. The summed E-state index contributed by atoms with van der Waals surface area (Å²) in [6, 6.07) is 9.43. The SMILES string of the molecule is CCCn1nc(-c2ccc(C)cc2)cc(/C=C/C(=O)O)c1=O. The van der Waals surface area contributed by atoms with E-state index in [9.17, 15) is 9.59 Å². The molecule has 0 aliphatic rings. The standard InChI is InChI=1S/C17H18N2O3/c1-3-10-19-17(22)14(8-9-16(20)21)11-15(18-19)13-6-4-12(2)5-7-13/h4-9,11H,3,10H2,1-2H3,(H,20,21)/b9-8+. The predicted molar refractivity (Wildman–Crippen MR) is 85.6 cm³/mol. The van der Waals surface area contributed by atoms with Crippen LogP contribution in [-0.2, 0) is 11.3 Å². The van der Waals surface area contributed by atoms with Crippen molar-refractivity contribution in [3.63, 3.8) is 0 Å². The molecule has 0 bridgehead atoms. The second-order valence-electron chi connectivity index (χ2n) is 5.05. The first kappa shape index (κ1) is 15.7. The molecule has 0 atom stereocenters. The summed E-state index contributed by atoms with van der Waals surface area (Å²) in [5.74, 6) is -1.09. The highest BCUT2D eigenvalue weighted by Gasteiger charge is 2.08. The summed E-state index contributed by atoms with van der Waals surface area (Å²) < 4.78 is 1.39. The maximum atomic E-state index is 12.3. The van der Waals surface area contributed by atoms with Gasteiger partial charge >= 0.3 is 5.97 Å². The molecule has 5 heteroatoms. The summed E-state index contributed by atoms with van der Waals surface area (Å²) >= 11 is 0. The van der Waals surface area contributed by atoms with Crippen molar-refractivity contribution >= 4 is 12.0 Å². The van der Waals surface area contributed by atoms with E-state index in [1.54, 1.807) is 6.07 Å². The van der Waals surface area contributed by atoms with Crippen molar-refractivity contribution in [3.8, 4) is 11.3 Å². The number of aliphatic carboxylic acids is 1. The number of hydrogen-bond acceptors (Lipinski definition) is 3. The largest absolute Gasteiger partial charge is 0.478 e. The van der Waals surface area contributed by atoms with Crippen molar-refractivity contribution in [2.45, 2.75) is 26.8 Å². The van der Waals surface area contributed by atoms with Gasteiger partial charge in [-0.25, -0.2) is 9.48 Å². The highest BCUT2D eigenvalue weighted by molar-refractivity contribution is 5.85. The van der Waals surface area contributed by atoms with Crippen LogP contribution in [0.2, 0.25) is 0 Å². The maximum Gasteiger partial charge on any atom is 0.328 e. The first-order valence-electron chi connectivity index (χ1n) is 7.11. The Hall–Kier alpha value is -2.69. The zero-order valence-electron chi connectivity index (χ0n) is 12.6. The van der Waals surface area contributed by atoms with Crippen molar-refractivity contribution in [1.82, 2.24) is 9.78 Å². The third kappa shape index (κ3) is 3.69. The number of carboxylic acids is 1. The Kier molecular flexibility index (Phi) is 4.88. The molecule has 2 aromatic rings. The van der Waals surface area contributed by atoms with Crippen LogP contribution in [0.4, 0.5) is 0 Å². The minimum absolute atomic E-state index is 0.282. The molecule has 0 amide bonds. The van der Waals surface area contributed by atoms with Gasteiger partial charge in [-0.3, -0.25) is 4.79 Å². The number of aromatic nitrogens is 2. The summed E-state index contributed by atoms with van der Waals surface area (Å²) in [4.78, 5) is 22.9. The number of aryl methyl sites for hydroxylation is 2. The van der Waals surface area contributed by atoms with Gasteiger partial charge in [-0.05, 0) is 25.5 Å². The summed E-state index contributed by atoms with van der Waals surface area (Å²) in [6.07, 6.45) is 3.05. The van der Waals surface area contributed by atoms with Crippen LogP contribution >= 0.6 is 0 Å². The molecule has 0 spiro atoms. The Balaban J connectivity index is 2.56. The first-order valence-corrected chi connectivity index (χ1v) is 7.11. The van der Waals surface area contributed by atoms with Gasteiger partial charge in [-0.15, -0.1) is 0 Å². The average Bonchev–Trinajstić information content (AvgIpc) is 2.49. The Bertz CT molecular complexity index is 758. The third-order valence-corrected chi connectivity index (χ3v) is 3.19. The smallest absolute Gasteiger partial charge is 0.328 e. The van der Waals surface area contributed by atoms with Crippen LogP contribution < -0.4 is 5.56 Å². The fourth-order valence-corrected chi connectivity index (χ4v) is 2.07. The van der Waals surface area contributed by atoms with E-state index in [0.29, 0.717) is 17.8 Å². The van der Waals surface area contributed by atoms with E-state index in [1.165, 1.54) is 10.8 Å². The number of carbonyl (C=O) groups is 1. The Morgan fingerprint density at radius 3 is 2.59 bits per heavy atom. The predicted octanol–water partition coefficient (Wildman–Crippen LogP) is 2.73. The minimum atomic E-state index is -1.09. The normalized spacial score (nSPS) is 11.0. The Labute approximate surface area is 128 Å². The molecular weight excluding hydrogens is 280 g/mol. The highest BCUT2D eigenvalue weighted by Crippen LogP contribution is 2.17. The van der Waals surface area contributed by atoms with E-state index in [4.69, 9.17) is 5.11 Å². The number of hydrogen-bond donors (Lipinski definition) is 1. The molecule has 22 heavy (non-hydrogen) atoms. The van der Waals surface area contributed by atoms with E-state index < -0.39 is 5.97 Å². The van der Waals surface area contributed by atoms with Gasteiger partial charge in [0, 0.05) is 23.7 Å². The van der Waals surface area contributed by atoms with Gasteiger partial charge in [0.25, 0.3) is 5.56 Å². The highest BCUT2D eigenvalue weighted by atomic mass is 16.4. The number of nitrogens with zero attached hydrogens (tertiary/aromatic N) is 2. The summed E-state index contributed by atoms with van der Waals surface area (Å²) in [5.41, 5.74) is 2.71. The van der Waals surface area contributed by atoms with Crippen molar-refractivity contribution in [2.24, 2.45) is 0 Å². The van der Waals surface area contributed by atoms with Crippen molar-refractivity contribution in [3.05, 3.63) is 57.9 Å². The lowest BCUT2D eigenvalue weighted by molar-refractivity contribution is -0.131. The molecule has 2 rings (SSSR count). The second kappa shape index (κ2) is 6.85. The van der Waals surface area contributed by atoms with Gasteiger partial charge in [0.05, 0.1) is 5.69 Å². The Morgan fingerprint density at radius 1 is 1.32 bits per heavy atom. The van der Waals surface area contributed by atoms with Crippen LogP contribution in [0.1, 0.15) is 24.5 Å². The first-order chi connectivity index (χ1) is 10.5. The molecule has 0 aliphatic heterocycles. The molecule has 1 aromatic heterocycles. The minimum Gasteiger partial charge on any atom is -0.478 e. The van der Waals surface area contributed by atoms with Crippen LogP contribution in [0.3, 0.4) is 0 Å². The molecule has 0 unspecified atom stereocenters. The molecule has 0 radical (unpaired) electrons.